The zero-order chi connectivity index (χ0) is 11.7. The summed E-state index contributed by atoms with van der Waals surface area (Å²) in [5.41, 5.74) is 1.71. The molecule has 17 heavy (non-hydrogen) atoms. The quantitative estimate of drug-likeness (QED) is 0.783. The van der Waals surface area contributed by atoms with Crippen molar-refractivity contribution in [1.29, 1.82) is 0 Å². The third kappa shape index (κ3) is 1.85. The van der Waals surface area contributed by atoms with Crippen LogP contribution in [0.5, 0.6) is 5.75 Å². The second-order valence-electron chi connectivity index (χ2n) is 4.48. The molecule has 88 valence electrons. The first-order valence-electron chi connectivity index (χ1n) is 5.99. The van der Waals surface area contributed by atoms with E-state index in [0.717, 1.165) is 30.6 Å². The molecule has 1 aromatic heterocycles. The van der Waals surface area contributed by atoms with E-state index in [1.54, 1.807) is 12.4 Å². The molecule has 1 fully saturated rings. The Hall–Kier alpha value is -1.68. The average molecular weight is 229 g/mol. The van der Waals surface area contributed by atoms with Gasteiger partial charge in [0, 0.05) is 17.8 Å². The largest absolute Gasteiger partial charge is 0.506 e. The van der Waals surface area contributed by atoms with E-state index < -0.39 is 0 Å². The molecule has 2 aromatic rings. The molecule has 1 aliphatic heterocycles. The third-order valence-corrected chi connectivity index (χ3v) is 3.36. The number of nitrogens with one attached hydrogen (secondary N) is 1. The van der Waals surface area contributed by atoms with Crippen molar-refractivity contribution in [2.24, 2.45) is 0 Å². The third-order valence-electron chi connectivity index (χ3n) is 3.36. The Morgan fingerprint density at radius 3 is 3.06 bits per heavy atom. The Morgan fingerprint density at radius 2 is 2.24 bits per heavy atom. The van der Waals surface area contributed by atoms with Crippen molar-refractivity contribution in [2.45, 2.75) is 18.8 Å². The summed E-state index contributed by atoms with van der Waals surface area (Å²) in [6.45, 7) is 2.05. The number of para-hydroxylation sites is 1. The SMILES string of the molecule is Oc1cccc2c(C3CCCNC3)ncnc12. The predicted molar refractivity (Wildman–Crippen MR) is 66.0 cm³/mol. The fourth-order valence-electron chi connectivity index (χ4n) is 2.50. The molecule has 0 aliphatic carbocycles. The number of nitrogens with zero attached hydrogens (tertiary/aromatic N) is 2. The molecule has 0 spiro atoms. The number of phenolic OH excluding ortho intramolecular Hbond substituents is 1. The maximum Gasteiger partial charge on any atom is 0.141 e. The Bertz CT molecular complexity index is 535. The zero-order valence-electron chi connectivity index (χ0n) is 9.56. The number of aromatic nitrogens is 2. The molecule has 1 unspecified atom stereocenters. The minimum Gasteiger partial charge on any atom is -0.506 e. The van der Waals surface area contributed by atoms with Gasteiger partial charge in [0.25, 0.3) is 0 Å². The van der Waals surface area contributed by atoms with Gasteiger partial charge in [0.2, 0.25) is 0 Å². The molecule has 1 aliphatic rings. The summed E-state index contributed by atoms with van der Waals surface area (Å²) in [5, 5.41) is 14.2. The Labute approximate surface area is 99.7 Å². The lowest BCUT2D eigenvalue weighted by molar-refractivity contribution is 0.456. The van der Waals surface area contributed by atoms with Crippen LogP contribution in [0, 0.1) is 0 Å². The van der Waals surface area contributed by atoms with Gasteiger partial charge in [-0.2, -0.15) is 0 Å². The van der Waals surface area contributed by atoms with Crippen LogP contribution in [0.15, 0.2) is 24.5 Å². The van der Waals surface area contributed by atoms with E-state index in [-0.39, 0.29) is 5.75 Å². The van der Waals surface area contributed by atoms with E-state index in [1.165, 1.54) is 6.42 Å². The molecule has 4 heteroatoms. The molecule has 2 N–H and O–H groups in total. The number of phenols is 1. The van der Waals surface area contributed by atoms with Crippen molar-refractivity contribution in [3.8, 4) is 5.75 Å². The molecule has 1 atom stereocenters. The Kier molecular flexibility index (Phi) is 2.65. The van der Waals surface area contributed by atoms with Crippen LogP contribution in [0.25, 0.3) is 10.9 Å². The maximum absolute atomic E-state index is 9.79. The van der Waals surface area contributed by atoms with Crippen LogP contribution < -0.4 is 5.32 Å². The minimum absolute atomic E-state index is 0.231. The molecule has 1 saturated heterocycles. The molecule has 0 saturated carbocycles. The van der Waals surface area contributed by atoms with Gasteiger partial charge in [-0.15, -0.1) is 0 Å². The highest BCUT2D eigenvalue weighted by molar-refractivity contribution is 5.86. The van der Waals surface area contributed by atoms with Gasteiger partial charge in [0.05, 0.1) is 5.69 Å². The number of benzene rings is 1. The van der Waals surface area contributed by atoms with Gasteiger partial charge < -0.3 is 10.4 Å². The van der Waals surface area contributed by atoms with Gasteiger partial charge >= 0.3 is 0 Å². The fraction of sp³-hybridized carbons (Fsp3) is 0.385. The number of piperidine rings is 1. The van der Waals surface area contributed by atoms with Crippen LogP contribution in [0.4, 0.5) is 0 Å². The lowest BCUT2D eigenvalue weighted by Gasteiger charge is -2.23. The molecule has 0 amide bonds. The van der Waals surface area contributed by atoms with Crippen LogP contribution in [0.1, 0.15) is 24.5 Å². The van der Waals surface area contributed by atoms with E-state index in [2.05, 4.69) is 15.3 Å². The molecule has 4 nitrogen and oxygen atoms in total. The van der Waals surface area contributed by atoms with Crippen molar-refractivity contribution in [3.63, 3.8) is 0 Å². The number of rotatable bonds is 1. The van der Waals surface area contributed by atoms with Crippen LogP contribution in [0.2, 0.25) is 0 Å². The average Bonchev–Trinajstić information content (AvgIpc) is 2.40. The second kappa shape index (κ2) is 4.30. The standard InChI is InChI=1S/C13H15N3O/c17-11-5-1-4-10-12(15-8-16-13(10)11)9-3-2-6-14-7-9/h1,4-5,8-9,14,17H,2-3,6-7H2. The number of hydrogen-bond acceptors (Lipinski definition) is 4. The molecular weight excluding hydrogens is 214 g/mol. The molecule has 0 bridgehead atoms. The van der Waals surface area contributed by atoms with Gasteiger partial charge in [0.1, 0.15) is 17.6 Å². The summed E-state index contributed by atoms with van der Waals surface area (Å²) in [5.74, 6) is 0.658. The first-order chi connectivity index (χ1) is 8.36. The van der Waals surface area contributed by atoms with Crippen molar-refractivity contribution in [2.75, 3.05) is 13.1 Å². The number of aromatic hydroxyl groups is 1. The summed E-state index contributed by atoms with van der Waals surface area (Å²) in [6, 6.07) is 5.50. The first-order valence-corrected chi connectivity index (χ1v) is 5.99. The van der Waals surface area contributed by atoms with Gasteiger partial charge in [-0.25, -0.2) is 9.97 Å². The zero-order valence-corrected chi connectivity index (χ0v) is 9.56. The van der Waals surface area contributed by atoms with Crippen molar-refractivity contribution in [1.82, 2.24) is 15.3 Å². The smallest absolute Gasteiger partial charge is 0.141 e. The number of fused-ring (bicyclic) bond motifs is 1. The molecule has 3 rings (SSSR count). The van der Waals surface area contributed by atoms with E-state index >= 15 is 0 Å². The van der Waals surface area contributed by atoms with Crippen molar-refractivity contribution in [3.05, 3.63) is 30.2 Å². The summed E-state index contributed by atoms with van der Waals surface area (Å²) in [4.78, 5) is 8.56. The molecule has 0 radical (unpaired) electrons. The Morgan fingerprint density at radius 1 is 1.29 bits per heavy atom. The van der Waals surface area contributed by atoms with Crippen LogP contribution in [-0.2, 0) is 0 Å². The highest BCUT2D eigenvalue weighted by Crippen LogP contribution is 2.30. The summed E-state index contributed by atoms with van der Waals surface area (Å²) >= 11 is 0. The molecular formula is C13H15N3O. The van der Waals surface area contributed by atoms with Gasteiger partial charge in [0.15, 0.2) is 0 Å². The van der Waals surface area contributed by atoms with Crippen molar-refractivity contribution < 1.29 is 5.11 Å². The lowest BCUT2D eigenvalue weighted by atomic mass is 9.93. The summed E-state index contributed by atoms with van der Waals surface area (Å²) in [7, 11) is 0. The Balaban J connectivity index is 2.12. The van der Waals surface area contributed by atoms with E-state index in [9.17, 15) is 5.11 Å². The number of hydrogen-bond donors (Lipinski definition) is 2. The first kappa shape index (κ1) is 10.5. The monoisotopic (exact) mass is 229 g/mol. The van der Waals surface area contributed by atoms with Crippen LogP contribution in [0.3, 0.4) is 0 Å². The predicted octanol–water partition coefficient (Wildman–Crippen LogP) is 1.80. The van der Waals surface area contributed by atoms with Crippen molar-refractivity contribution >= 4 is 10.9 Å². The second-order valence-corrected chi connectivity index (χ2v) is 4.48. The topological polar surface area (TPSA) is 58.0 Å². The molecule has 1 aromatic carbocycles. The summed E-state index contributed by atoms with van der Waals surface area (Å²) < 4.78 is 0. The van der Waals surface area contributed by atoms with E-state index in [1.807, 2.05) is 12.1 Å². The summed E-state index contributed by atoms with van der Waals surface area (Å²) in [6.07, 6.45) is 3.87. The highest BCUT2D eigenvalue weighted by Gasteiger charge is 2.19. The van der Waals surface area contributed by atoms with Gasteiger partial charge in [-0.1, -0.05) is 12.1 Å². The molecule has 2 heterocycles. The van der Waals surface area contributed by atoms with E-state index in [4.69, 9.17) is 0 Å². The van der Waals surface area contributed by atoms with Gasteiger partial charge in [-0.05, 0) is 25.5 Å². The minimum atomic E-state index is 0.231. The lowest BCUT2D eigenvalue weighted by Crippen LogP contribution is -2.29. The maximum atomic E-state index is 9.79. The van der Waals surface area contributed by atoms with Crippen LogP contribution in [-0.4, -0.2) is 28.2 Å². The van der Waals surface area contributed by atoms with Gasteiger partial charge in [-0.3, -0.25) is 0 Å². The fourth-order valence-corrected chi connectivity index (χ4v) is 2.50. The highest BCUT2D eigenvalue weighted by atomic mass is 16.3. The normalized spacial score (nSPS) is 20.6. The van der Waals surface area contributed by atoms with E-state index in [0.29, 0.717) is 11.4 Å². The van der Waals surface area contributed by atoms with Crippen LogP contribution >= 0.6 is 0 Å².